The fourth-order valence-electron chi connectivity index (χ4n) is 1.88. The van der Waals surface area contributed by atoms with Gasteiger partial charge in [-0.3, -0.25) is 4.79 Å². The maximum atomic E-state index is 10.9. The van der Waals surface area contributed by atoms with E-state index >= 15 is 0 Å². The van der Waals surface area contributed by atoms with E-state index in [2.05, 4.69) is 4.74 Å². The molecular formula is C12H22O8. The average Bonchev–Trinajstić information content (AvgIpc) is 2.46. The summed E-state index contributed by atoms with van der Waals surface area (Å²) in [6, 6.07) is 0. The molecule has 5 unspecified atom stereocenters. The maximum absolute atomic E-state index is 10.9. The van der Waals surface area contributed by atoms with Crippen LogP contribution in [0.4, 0.5) is 0 Å². The Balaban J connectivity index is 2.30. The van der Waals surface area contributed by atoms with Crippen molar-refractivity contribution in [2.45, 2.75) is 50.0 Å². The summed E-state index contributed by atoms with van der Waals surface area (Å²) in [6.45, 7) is -0.285. The first-order chi connectivity index (χ1) is 9.51. The fraction of sp³-hybridized carbons (Fsp3) is 0.917. The zero-order valence-corrected chi connectivity index (χ0v) is 11.3. The van der Waals surface area contributed by atoms with Gasteiger partial charge in [-0.2, -0.15) is 0 Å². The third-order valence-corrected chi connectivity index (χ3v) is 3.13. The zero-order chi connectivity index (χ0) is 15.1. The zero-order valence-electron chi connectivity index (χ0n) is 11.3. The van der Waals surface area contributed by atoms with Crippen LogP contribution in [-0.2, 0) is 19.0 Å². The number of hydrogen-bond donors (Lipinski definition) is 4. The van der Waals surface area contributed by atoms with Crippen molar-refractivity contribution in [1.82, 2.24) is 0 Å². The molecule has 1 fully saturated rings. The van der Waals surface area contributed by atoms with Crippen LogP contribution in [0.15, 0.2) is 0 Å². The van der Waals surface area contributed by atoms with E-state index in [1.807, 2.05) is 0 Å². The quantitative estimate of drug-likeness (QED) is 0.318. The fourth-order valence-corrected chi connectivity index (χ4v) is 1.88. The highest BCUT2D eigenvalue weighted by molar-refractivity contribution is 5.68. The van der Waals surface area contributed by atoms with E-state index in [4.69, 9.17) is 14.6 Å². The normalized spacial score (nSPS) is 34.0. The molecule has 1 aliphatic heterocycles. The summed E-state index contributed by atoms with van der Waals surface area (Å²) in [6.07, 6.45) is -4.95. The van der Waals surface area contributed by atoms with E-state index < -0.39 is 37.3 Å². The van der Waals surface area contributed by atoms with E-state index in [1.54, 1.807) is 0 Å². The molecule has 1 heterocycles. The van der Waals surface area contributed by atoms with Crippen LogP contribution in [0.1, 0.15) is 19.3 Å². The van der Waals surface area contributed by atoms with Gasteiger partial charge in [-0.25, -0.2) is 0 Å². The van der Waals surface area contributed by atoms with Crippen LogP contribution in [0.25, 0.3) is 0 Å². The van der Waals surface area contributed by atoms with Gasteiger partial charge < -0.3 is 34.6 Å². The molecule has 0 aromatic heterocycles. The number of esters is 1. The summed E-state index contributed by atoms with van der Waals surface area (Å²) in [5, 5.41) is 37.8. The topological polar surface area (TPSA) is 126 Å². The first-order valence-corrected chi connectivity index (χ1v) is 6.50. The van der Waals surface area contributed by atoms with Crippen LogP contribution in [0, 0.1) is 0 Å². The summed E-state index contributed by atoms with van der Waals surface area (Å²) in [4.78, 5) is 10.9. The third-order valence-electron chi connectivity index (χ3n) is 3.13. The van der Waals surface area contributed by atoms with E-state index in [1.165, 1.54) is 7.11 Å². The molecule has 0 aromatic carbocycles. The minimum Gasteiger partial charge on any atom is -0.469 e. The van der Waals surface area contributed by atoms with Crippen molar-refractivity contribution in [1.29, 1.82) is 0 Å². The van der Waals surface area contributed by atoms with Crippen LogP contribution in [0.5, 0.6) is 0 Å². The van der Waals surface area contributed by atoms with E-state index in [9.17, 15) is 20.1 Å². The number of aliphatic hydroxyl groups is 4. The minimum atomic E-state index is -1.44. The van der Waals surface area contributed by atoms with Crippen molar-refractivity contribution in [3.8, 4) is 0 Å². The van der Waals surface area contributed by atoms with E-state index in [0.717, 1.165) is 0 Å². The van der Waals surface area contributed by atoms with Crippen molar-refractivity contribution in [2.75, 3.05) is 20.3 Å². The van der Waals surface area contributed by atoms with Gasteiger partial charge in [0.05, 0.1) is 13.7 Å². The number of aliphatic hydroxyl groups excluding tert-OH is 4. The molecular weight excluding hydrogens is 272 g/mol. The smallest absolute Gasteiger partial charge is 0.305 e. The van der Waals surface area contributed by atoms with Crippen molar-refractivity contribution < 1.29 is 39.4 Å². The van der Waals surface area contributed by atoms with Gasteiger partial charge in [0.2, 0.25) is 0 Å². The molecule has 8 nitrogen and oxygen atoms in total. The summed E-state index contributed by atoms with van der Waals surface area (Å²) < 4.78 is 14.9. The van der Waals surface area contributed by atoms with Crippen LogP contribution < -0.4 is 0 Å². The van der Waals surface area contributed by atoms with Crippen molar-refractivity contribution in [3.63, 3.8) is 0 Å². The average molecular weight is 294 g/mol. The molecule has 1 rings (SSSR count). The Labute approximate surface area is 116 Å². The first-order valence-electron chi connectivity index (χ1n) is 6.50. The van der Waals surface area contributed by atoms with Gasteiger partial charge >= 0.3 is 5.97 Å². The predicted molar refractivity (Wildman–Crippen MR) is 65.6 cm³/mol. The van der Waals surface area contributed by atoms with Gasteiger partial charge in [0.25, 0.3) is 0 Å². The molecule has 0 bridgehead atoms. The van der Waals surface area contributed by atoms with Crippen LogP contribution in [-0.4, -0.2) is 77.4 Å². The first kappa shape index (κ1) is 17.3. The van der Waals surface area contributed by atoms with Gasteiger partial charge in [-0.15, -0.1) is 0 Å². The molecule has 4 N–H and O–H groups in total. The second-order valence-corrected chi connectivity index (χ2v) is 4.60. The number of rotatable bonds is 7. The molecule has 0 aromatic rings. The molecule has 0 saturated carbocycles. The number of carbonyl (C=O) groups is 1. The van der Waals surface area contributed by atoms with Crippen molar-refractivity contribution in [2.24, 2.45) is 0 Å². The second kappa shape index (κ2) is 8.50. The van der Waals surface area contributed by atoms with Crippen LogP contribution >= 0.6 is 0 Å². The van der Waals surface area contributed by atoms with E-state index in [0.29, 0.717) is 12.8 Å². The Kier molecular flexibility index (Phi) is 7.35. The molecule has 118 valence electrons. The largest absolute Gasteiger partial charge is 0.469 e. The third kappa shape index (κ3) is 4.65. The van der Waals surface area contributed by atoms with Gasteiger partial charge in [0, 0.05) is 13.0 Å². The van der Waals surface area contributed by atoms with Crippen molar-refractivity contribution in [3.05, 3.63) is 0 Å². The van der Waals surface area contributed by atoms with E-state index in [-0.39, 0.29) is 19.0 Å². The van der Waals surface area contributed by atoms with Gasteiger partial charge in [-0.1, -0.05) is 0 Å². The maximum Gasteiger partial charge on any atom is 0.305 e. The van der Waals surface area contributed by atoms with Gasteiger partial charge in [0.15, 0.2) is 6.29 Å². The Hall–Kier alpha value is -0.770. The molecule has 0 aliphatic carbocycles. The second-order valence-electron chi connectivity index (χ2n) is 4.60. The minimum absolute atomic E-state index is 0.208. The number of hydrogen-bond acceptors (Lipinski definition) is 8. The highest BCUT2D eigenvalue weighted by Crippen LogP contribution is 2.22. The molecule has 0 amide bonds. The van der Waals surface area contributed by atoms with Crippen LogP contribution in [0.3, 0.4) is 0 Å². The Morgan fingerprint density at radius 2 is 1.85 bits per heavy atom. The molecule has 20 heavy (non-hydrogen) atoms. The highest BCUT2D eigenvalue weighted by Gasteiger charge is 2.43. The number of unbranched alkanes of at least 4 members (excludes halogenated alkanes) is 1. The number of carbonyl (C=O) groups excluding carboxylic acids is 1. The molecule has 0 spiro atoms. The summed E-state index contributed by atoms with van der Waals surface area (Å²) in [5.74, 6) is -0.308. The summed E-state index contributed by atoms with van der Waals surface area (Å²) in [5.41, 5.74) is 0. The Bertz CT molecular complexity index is 295. The molecule has 8 heteroatoms. The van der Waals surface area contributed by atoms with Gasteiger partial charge in [0.1, 0.15) is 24.4 Å². The summed E-state index contributed by atoms with van der Waals surface area (Å²) >= 11 is 0. The lowest BCUT2D eigenvalue weighted by atomic mass is 9.99. The molecule has 1 saturated heterocycles. The Morgan fingerprint density at radius 3 is 2.45 bits per heavy atom. The standard InChI is InChI=1S/C12H22O8/c1-18-8(14)4-2-3-5-19-12-11(17)10(16)9(15)7(6-13)20-12/h7,9-13,15-17H,2-6H2,1H3. The number of ether oxygens (including phenoxy) is 3. The lowest BCUT2D eigenvalue weighted by Gasteiger charge is -2.39. The molecule has 1 aliphatic rings. The predicted octanol–water partition coefficient (Wildman–Crippen LogP) is -1.85. The molecule has 5 atom stereocenters. The van der Waals surface area contributed by atoms with Gasteiger partial charge in [-0.05, 0) is 12.8 Å². The lowest BCUT2D eigenvalue weighted by molar-refractivity contribution is -0.301. The molecule has 0 radical (unpaired) electrons. The lowest BCUT2D eigenvalue weighted by Crippen LogP contribution is -2.59. The number of methoxy groups -OCH3 is 1. The highest BCUT2D eigenvalue weighted by atomic mass is 16.7. The van der Waals surface area contributed by atoms with Crippen molar-refractivity contribution >= 4 is 5.97 Å². The SMILES string of the molecule is COC(=O)CCCCOC1OC(CO)C(O)C(O)C1O. The van der Waals surface area contributed by atoms with Crippen LogP contribution in [0.2, 0.25) is 0 Å². The monoisotopic (exact) mass is 294 g/mol. The Morgan fingerprint density at radius 1 is 1.15 bits per heavy atom. The summed E-state index contributed by atoms with van der Waals surface area (Å²) in [7, 11) is 1.31.